The molecule has 0 spiro atoms. The van der Waals surface area contributed by atoms with Gasteiger partial charge in [0.25, 0.3) is 0 Å². The van der Waals surface area contributed by atoms with Crippen LogP contribution in [0.3, 0.4) is 0 Å². The van der Waals surface area contributed by atoms with Crippen molar-refractivity contribution in [3.8, 4) is 0 Å². The number of fused-ring (bicyclic) bond motifs is 1. The Bertz CT molecular complexity index is 284. The van der Waals surface area contributed by atoms with Crippen LogP contribution in [-0.2, 0) is 9.53 Å². The minimum Gasteiger partial charge on any atom is -0.430 e. The lowest BCUT2D eigenvalue weighted by molar-refractivity contribution is -0.142. The third-order valence-corrected chi connectivity index (χ3v) is 2.08. The summed E-state index contributed by atoms with van der Waals surface area (Å²) >= 11 is 0. The summed E-state index contributed by atoms with van der Waals surface area (Å²) in [6, 6.07) is 0. The number of allylic oxidation sites excluding steroid dienone is 5. The first-order valence-electron chi connectivity index (χ1n) is 4.12. The molecule has 0 saturated carbocycles. The molecule has 1 saturated heterocycles. The maximum Gasteiger partial charge on any atom is 0.310 e. The Morgan fingerprint density at radius 2 is 2.25 bits per heavy atom. The van der Waals surface area contributed by atoms with Gasteiger partial charge in [-0.25, -0.2) is 0 Å². The molecule has 1 fully saturated rings. The second-order valence-electron chi connectivity index (χ2n) is 2.96. The summed E-state index contributed by atoms with van der Waals surface area (Å²) in [5.41, 5.74) is 0. The van der Waals surface area contributed by atoms with Gasteiger partial charge in [0.2, 0.25) is 0 Å². The van der Waals surface area contributed by atoms with Gasteiger partial charge in [0, 0.05) is 12.3 Å². The maximum absolute atomic E-state index is 10.9. The normalized spacial score (nSPS) is 27.2. The number of rotatable bonds is 0. The fraction of sp³-hybridized carbons (Fsp3) is 0.300. The third-order valence-electron chi connectivity index (χ3n) is 2.08. The minimum atomic E-state index is -0.110. The second-order valence-corrected chi connectivity index (χ2v) is 2.96. The molecule has 2 rings (SSSR count). The van der Waals surface area contributed by atoms with Crippen molar-refractivity contribution < 1.29 is 9.53 Å². The van der Waals surface area contributed by atoms with Gasteiger partial charge < -0.3 is 4.74 Å². The number of hydrogen-bond acceptors (Lipinski definition) is 2. The largest absolute Gasteiger partial charge is 0.430 e. The highest BCUT2D eigenvalue weighted by Gasteiger charge is 2.23. The molecule has 0 bridgehead atoms. The number of carbonyl (C=O) groups excluding carboxylic acids is 1. The fourth-order valence-electron chi connectivity index (χ4n) is 1.44. The van der Waals surface area contributed by atoms with Gasteiger partial charge in [-0.2, -0.15) is 0 Å². The van der Waals surface area contributed by atoms with Crippen LogP contribution in [0.1, 0.15) is 12.8 Å². The van der Waals surface area contributed by atoms with Crippen molar-refractivity contribution in [3.63, 3.8) is 0 Å². The topological polar surface area (TPSA) is 26.3 Å². The Kier molecular flexibility index (Phi) is 1.82. The van der Waals surface area contributed by atoms with Crippen LogP contribution in [-0.4, -0.2) is 5.97 Å². The number of hydrogen-bond donors (Lipinski definition) is 0. The number of ether oxygens (including phenoxy) is 1. The van der Waals surface area contributed by atoms with Crippen LogP contribution in [0.5, 0.6) is 0 Å². The lowest BCUT2D eigenvalue weighted by Gasteiger charge is -2.20. The zero-order valence-corrected chi connectivity index (χ0v) is 6.69. The van der Waals surface area contributed by atoms with E-state index in [4.69, 9.17) is 4.74 Å². The van der Waals surface area contributed by atoms with Crippen LogP contribution in [0.4, 0.5) is 0 Å². The van der Waals surface area contributed by atoms with Gasteiger partial charge in [-0.1, -0.05) is 24.3 Å². The molecule has 1 aliphatic heterocycles. The summed E-state index contributed by atoms with van der Waals surface area (Å²) in [7, 11) is 0. The molecule has 0 radical (unpaired) electrons. The molecule has 0 aromatic rings. The number of esters is 1. The van der Waals surface area contributed by atoms with E-state index in [1.54, 1.807) is 0 Å². The summed E-state index contributed by atoms with van der Waals surface area (Å²) in [6.07, 6.45) is 11.2. The summed E-state index contributed by atoms with van der Waals surface area (Å²) in [5, 5.41) is 0. The zero-order chi connectivity index (χ0) is 8.39. The SMILES string of the molecule is O=C1CCC2C=CC=CC=C2O1. The summed E-state index contributed by atoms with van der Waals surface area (Å²) < 4.78 is 5.09. The van der Waals surface area contributed by atoms with E-state index in [-0.39, 0.29) is 5.97 Å². The lowest BCUT2D eigenvalue weighted by atomic mass is 9.98. The van der Waals surface area contributed by atoms with Crippen LogP contribution >= 0.6 is 0 Å². The van der Waals surface area contributed by atoms with E-state index in [9.17, 15) is 4.79 Å². The van der Waals surface area contributed by atoms with Gasteiger partial charge in [0.1, 0.15) is 5.76 Å². The predicted molar refractivity (Wildman–Crippen MR) is 45.2 cm³/mol. The van der Waals surface area contributed by atoms with Crippen molar-refractivity contribution >= 4 is 5.97 Å². The average Bonchev–Trinajstić information content (AvgIpc) is 2.28. The summed E-state index contributed by atoms with van der Waals surface area (Å²) in [6.45, 7) is 0. The predicted octanol–water partition coefficient (Wildman–Crippen LogP) is 1.95. The summed E-state index contributed by atoms with van der Waals surface area (Å²) in [5.74, 6) is 0.982. The van der Waals surface area contributed by atoms with Crippen LogP contribution in [0.15, 0.2) is 36.1 Å². The first kappa shape index (κ1) is 7.35. The molecule has 12 heavy (non-hydrogen) atoms. The molecule has 2 aliphatic rings. The molecular weight excluding hydrogens is 152 g/mol. The Balaban J connectivity index is 2.24. The standard InChI is InChI=1S/C10H10O2/c11-10-7-6-8-4-2-1-3-5-9(8)12-10/h1-5,8H,6-7H2. The highest BCUT2D eigenvalue weighted by Crippen LogP contribution is 2.27. The van der Waals surface area contributed by atoms with Crippen molar-refractivity contribution in [1.29, 1.82) is 0 Å². The summed E-state index contributed by atoms with van der Waals surface area (Å²) in [4.78, 5) is 10.9. The zero-order valence-electron chi connectivity index (χ0n) is 6.69. The molecule has 62 valence electrons. The molecule has 1 heterocycles. The van der Waals surface area contributed by atoms with E-state index in [0.717, 1.165) is 12.2 Å². The molecule has 2 heteroatoms. The second kappa shape index (κ2) is 2.97. The van der Waals surface area contributed by atoms with E-state index < -0.39 is 0 Å². The quantitative estimate of drug-likeness (QED) is 0.509. The molecule has 1 unspecified atom stereocenters. The lowest BCUT2D eigenvalue weighted by Crippen LogP contribution is -2.17. The first-order valence-corrected chi connectivity index (χ1v) is 4.12. The van der Waals surface area contributed by atoms with Gasteiger partial charge in [-0.3, -0.25) is 4.79 Å². The molecular formula is C10H10O2. The van der Waals surface area contributed by atoms with E-state index in [2.05, 4.69) is 6.08 Å². The monoisotopic (exact) mass is 162 g/mol. The third kappa shape index (κ3) is 1.33. The molecule has 1 atom stereocenters. The van der Waals surface area contributed by atoms with E-state index >= 15 is 0 Å². The molecule has 0 aromatic carbocycles. The fourth-order valence-corrected chi connectivity index (χ4v) is 1.44. The highest BCUT2D eigenvalue weighted by atomic mass is 16.5. The van der Waals surface area contributed by atoms with Crippen molar-refractivity contribution in [1.82, 2.24) is 0 Å². The van der Waals surface area contributed by atoms with Gasteiger partial charge in [0.15, 0.2) is 0 Å². The van der Waals surface area contributed by atoms with Crippen LogP contribution in [0.2, 0.25) is 0 Å². The van der Waals surface area contributed by atoms with E-state index in [1.807, 2.05) is 24.3 Å². The van der Waals surface area contributed by atoms with Crippen LogP contribution in [0, 0.1) is 5.92 Å². The van der Waals surface area contributed by atoms with Crippen molar-refractivity contribution in [2.24, 2.45) is 5.92 Å². The van der Waals surface area contributed by atoms with Crippen molar-refractivity contribution in [2.75, 3.05) is 0 Å². The Morgan fingerprint density at radius 1 is 1.33 bits per heavy atom. The van der Waals surface area contributed by atoms with Crippen LogP contribution in [0.25, 0.3) is 0 Å². The van der Waals surface area contributed by atoms with Gasteiger partial charge in [-0.05, 0) is 12.5 Å². The molecule has 2 nitrogen and oxygen atoms in total. The van der Waals surface area contributed by atoms with Gasteiger partial charge >= 0.3 is 5.97 Å². The molecule has 0 amide bonds. The van der Waals surface area contributed by atoms with Gasteiger partial charge in [0.05, 0.1) is 0 Å². The first-order chi connectivity index (χ1) is 5.86. The van der Waals surface area contributed by atoms with Gasteiger partial charge in [-0.15, -0.1) is 0 Å². The maximum atomic E-state index is 10.9. The smallest absolute Gasteiger partial charge is 0.310 e. The average molecular weight is 162 g/mol. The Labute approximate surface area is 71.2 Å². The van der Waals surface area contributed by atoms with Crippen molar-refractivity contribution in [2.45, 2.75) is 12.8 Å². The van der Waals surface area contributed by atoms with Crippen LogP contribution < -0.4 is 0 Å². The Hall–Kier alpha value is -1.31. The van der Waals surface area contributed by atoms with E-state index in [0.29, 0.717) is 12.3 Å². The van der Waals surface area contributed by atoms with E-state index in [1.165, 1.54) is 0 Å². The number of carbonyl (C=O) groups is 1. The molecule has 0 aromatic heterocycles. The highest BCUT2D eigenvalue weighted by molar-refractivity contribution is 5.72. The molecule has 1 aliphatic carbocycles. The Morgan fingerprint density at radius 3 is 3.17 bits per heavy atom. The molecule has 0 N–H and O–H groups in total. The van der Waals surface area contributed by atoms with Crippen molar-refractivity contribution in [3.05, 3.63) is 36.1 Å². The minimum absolute atomic E-state index is 0.110.